The van der Waals surface area contributed by atoms with Crippen molar-refractivity contribution in [2.24, 2.45) is 17.8 Å². The number of amides is 1. The van der Waals surface area contributed by atoms with Crippen LogP contribution in [0.15, 0.2) is 4.52 Å². The van der Waals surface area contributed by atoms with Gasteiger partial charge in [-0.3, -0.25) is 9.69 Å². The molecule has 2 atom stereocenters. The van der Waals surface area contributed by atoms with Crippen LogP contribution in [0.25, 0.3) is 0 Å². The standard InChI is InChI=1S/C18H28N4O3/c1-24-8-7-16-20-17(25-21-16)11-22-9-14(12-5-6-12)15(10-22)19-18(23)13-3-2-4-13/h12-15H,2-11H2,1H3,(H,19,23)/t14-,15+/m0/s1. The van der Waals surface area contributed by atoms with E-state index < -0.39 is 0 Å². The molecule has 1 aliphatic heterocycles. The van der Waals surface area contributed by atoms with Crippen molar-refractivity contribution in [3.63, 3.8) is 0 Å². The summed E-state index contributed by atoms with van der Waals surface area (Å²) in [4.78, 5) is 19.2. The van der Waals surface area contributed by atoms with Gasteiger partial charge in [-0.15, -0.1) is 0 Å². The molecule has 2 aliphatic carbocycles. The highest BCUT2D eigenvalue weighted by atomic mass is 16.5. The summed E-state index contributed by atoms with van der Waals surface area (Å²) in [5.74, 6) is 3.23. The van der Waals surface area contributed by atoms with Gasteiger partial charge in [0.15, 0.2) is 5.82 Å². The SMILES string of the molecule is COCCc1noc(CN2C[C@@H](NC(=O)C3CCC3)[C@H](C3CC3)C2)n1. The maximum absolute atomic E-state index is 12.4. The van der Waals surface area contributed by atoms with Crippen LogP contribution in [0.1, 0.15) is 43.8 Å². The molecule has 0 unspecified atom stereocenters. The zero-order chi connectivity index (χ0) is 17.2. The molecule has 25 heavy (non-hydrogen) atoms. The van der Waals surface area contributed by atoms with Crippen molar-refractivity contribution in [2.75, 3.05) is 26.8 Å². The molecule has 3 fully saturated rings. The fourth-order valence-electron chi connectivity index (χ4n) is 4.01. The lowest BCUT2D eigenvalue weighted by molar-refractivity contribution is -0.128. The van der Waals surface area contributed by atoms with Gasteiger partial charge in [0, 0.05) is 38.6 Å². The molecule has 2 saturated carbocycles. The molecule has 0 bridgehead atoms. The maximum Gasteiger partial charge on any atom is 0.240 e. The van der Waals surface area contributed by atoms with E-state index in [-0.39, 0.29) is 17.9 Å². The van der Waals surface area contributed by atoms with Crippen LogP contribution in [0.3, 0.4) is 0 Å². The van der Waals surface area contributed by atoms with Gasteiger partial charge in [0.25, 0.3) is 0 Å². The van der Waals surface area contributed by atoms with Crippen molar-refractivity contribution in [2.45, 2.75) is 51.1 Å². The molecule has 1 amide bonds. The van der Waals surface area contributed by atoms with Gasteiger partial charge in [0.05, 0.1) is 13.2 Å². The highest BCUT2D eigenvalue weighted by Gasteiger charge is 2.44. The lowest BCUT2D eigenvalue weighted by atomic mass is 9.84. The van der Waals surface area contributed by atoms with Gasteiger partial charge in [0.2, 0.25) is 11.8 Å². The summed E-state index contributed by atoms with van der Waals surface area (Å²) in [6, 6.07) is 0.275. The van der Waals surface area contributed by atoms with E-state index in [1.54, 1.807) is 7.11 Å². The van der Waals surface area contributed by atoms with Crippen LogP contribution in [0.2, 0.25) is 0 Å². The van der Waals surface area contributed by atoms with Crippen LogP contribution in [0, 0.1) is 17.8 Å². The van der Waals surface area contributed by atoms with Crippen molar-refractivity contribution in [1.29, 1.82) is 0 Å². The summed E-state index contributed by atoms with van der Waals surface area (Å²) < 4.78 is 10.4. The van der Waals surface area contributed by atoms with Crippen molar-refractivity contribution >= 4 is 5.91 Å². The topological polar surface area (TPSA) is 80.5 Å². The van der Waals surface area contributed by atoms with E-state index in [0.717, 1.165) is 31.8 Å². The first-order valence-corrected chi connectivity index (χ1v) is 9.56. The molecule has 0 aromatic carbocycles. The number of aromatic nitrogens is 2. The Morgan fingerprint density at radius 1 is 1.32 bits per heavy atom. The molecule has 0 radical (unpaired) electrons. The summed E-state index contributed by atoms with van der Waals surface area (Å²) in [6.45, 7) is 3.16. The highest BCUT2D eigenvalue weighted by Crippen LogP contribution is 2.42. The Bertz CT molecular complexity index is 597. The van der Waals surface area contributed by atoms with Gasteiger partial charge < -0.3 is 14.6 Å². The zero-order valence-electron chi connectivity index (χ0n) is 14.9. The minimum absolute atomic E-state index is 0.258. The number of carbonyl (C=O) groups excluding carboxylic acids is 1. The van der Waals surface area contributed by atoms with Gasteiger partial charge in [-0.1, -0.05) is 11.6 Å². The van der Waals surface area contributed by atoms with E-state index >= 15 is 0 Å². The summed E-state index contributed by atoms with van der Waals surface area (Å²) in [7, 11) is 1.67. The molecule has 3 aliphatic rings. The molecular formula is C18H28N4O3. The summed E-state index contributed by atoms with van der Waals surface area (Å²) in [5.41, 5.74) is 0. The van der Waals surface area contributed by atoms with Crippen molar-refractivity contribution in [1.82, 2.24) is 20.4 Å². The van der Waals surface area contributed by atoms with Crippen LogP contribution in [-0.4, -0.2) is 53.8 Å². The van der Waals surface area contributed by atoms with E-state index in [2.05, 4.69) is 20.4 Å². The van der Waals surface area contributed by atoms with Crippen LogP contribution in [0.4, 0.5) is 0 Å². The van der Waals surface area contributed by atoms with Gasteiger partial charge in [-0.25, -0.2) is 0 Å². The average molecular weight is 348 g/mol. The number of hydrogen-bond donors (Lipinski definition) is 1. The normalized spacial score (nSPS) is 27.4. The van der Waals surface area contributed by atoms with Crippen molar-refractivity contribution < 1.29 is 14.1 Å². The van der Waals surface area contributed by atoms with E-state index in [4.69, 9.17) is 9.26 Å². The van der Waals surface area contributed by atoms with Gasteiger partial charge in [-0.2, -0.15) is 4.98 Å². The third kappa shape index (κ3) is 4.03. The van der Waals surface area contributed by atoms with E-state index in [9.17, 15) is 4.79 Å². The molecule has 2 heterocycles. The predicted molar refractivity (Wildman–Crippen MR) is 90.6 cm³/mol. The first-order valence-electron chi connectivity index (χ1n) is 9.56. The summed E-state index contributed by atoms with van der Waals surface area (Å²) in [6.07, 6.45) is 6.59. The second-order valence-electron chi connectivity index (χ2n) is 7.79. The van der Waals surface area contributed by atoms with Crippen LogP contribution < -0.4 is 5.32 Å². The van der Waals surface area contributed by atoms with Gasteiger partial charge in [0.1, 0.15) is 0 Å². The number of rotatable bonds is 8. The van der Waals surface area contributed by atoms with Gasteiger partial charge >= 0.3 is 0 Å². The molecule has 138 valence electrons. The molecular weight excluding hydrogens is 320 g/mol. The number of methoxy groups -OCH3 is 1. The molecule has 1 saturated heterocycles. The Hall–Kier alpha value is -1.47. The number of hydrogen-bond acceptors (Lipinski definition) is 6. The lowest BCUT2D eigenvalue weighted by Gasteiger charge is -2.28. The molecule has 7 heteroatoms. The number of ether oxygens (including phenoxy) is 1. The Labute approximate surface area is 148 Å². The first-order chi connectivity index (χ1) is 12.2. The number of carbonyl (C=O) groups is 1. The fourth-order valence-corrected chi connectivity index (χ4v) is 4.01. The Kier molecular flexibility index (Phi) is 5.03. The second-order valence-corrected chi connectivity index (χ2v) is 7.79. The largest absolute Gasteiger partial charge is 0.384 e. The van der Waals surface area contributed by atoms with Crippen LogP contribution in [0.5, 0.6) is 0 Å². The first kappa shape index (κ1) is 17.0. The quantitative estimate of drug-likeness (QED) is 0.765. The maximum atomic E-state index is 12.4. The fraction of sp³-hybridized carbons (Fsp3) is 0.833. The van der Waals surface area contributed by atoms with Crippen LogP contribution >= 0.6 is 0 Å². The Balaban J connectivity index is 1.33. The molecule has 0 spiro atoms. The van der Waals surface area contributed by atoms with Crippen molar-refractivity contribution in [3.05, 3.63) is 11.7 Å². The smallest absolute Gasteiger partial charge is 0.240 e. The monoisotopic (exact) mass is 348 g/mol. The third-order valence-corrected chi connectivity index (χ3v) is 5.87. The number of nitrogens with zero attached hydrogens (tertiary/aromatic N) is 3. The van der Waals surface area contributed by atoms with E-state index in [1.807, 2.05) is 0 Å². The Morgan fingerprint density at radius 2 is 2.16 bits per heavy atom. The highest BCUT2D eigenvalue weighted by molar-refractivity contribution is 5.79. The number of likely N-dealkylation sites (tertiary alicyclic amines) is 1. The molecule has 7 nitrogen and oxygen atoms in total. The van der Waals surface area contributed by atoms with Gasteiger partial charge in [-0.05, 0) is 37.5 Å². The summed E-state index contributed by atoms with van der Waals surface area (Å²) in [5, 5.41) is 7.35. The molecule has 1 aromatic heterocycles. The summed E-state index contributed by atoms with van der Waals surface area (Å²) >= 11 is 0. The van der Waals surface area contributed by atoms with E-state index in [0.29, 0.717) is 37.2 Å². The third-order valence-electron chi connectivity index (χ3n) is 5.87. The predicted octanol–water partition coefficient (Wildman–Crippen LogP) is 1.39. The molecule has 4 rings (SSSR count). The van der Waals surface area contributed by atoms with Crippen LogP contribution in [-0.2, 0) is 22.5 Å². The average Bonchev–Trinajstić information content (AvgIpc) is 3.17. The lowest BCUT2D eigenvalue weighted by Crippen LogP contribution is -2.45. The zero-order valence-corrected chi connectivity index (χ0v) is 14.9. The minimum Gasteiger partial charge on any atom is -0.384 e. The second kappa shape index (κ2) is 7.41. The van der Waals surface area contributed by atoms with E-state index in [1.165, 1.54) is 19.3 Å². The minimum atomic E-state index is 0.258. The number of nitrogens with one attached hydrogen (secondary N) is 1. The van der Waals surface area contributed by atoms with Crippen molar-refractivity contribution in [3.8, 4) is 0 Å². The molecule has 1 aromatic rings. The molecule has 1 N–H and O–H groups in total. The Morgan fingerprint density at radius 3 is 2.84 bits per heavy atom.